The summed E-state index contributed by atoms with van der Waals surface area (Å²) in [4.78, 5) is 27.4. The standard InChI is InChI=1S/C15H20N2O3S/c1-8-14(15(19)20)21-13(17-8)7-16-12(18)6-11-5-9-2-3-10(11)4-9/h9-11H,2-7H2,1H3,(H,16,18)(H,19,20). The summed E-state index contributed by atoms with van der Waals surface area (Å²) in [5.41, 5.74) is 0.518. The number of aromatic nitrogens is 1. The van der Waals surface area contributed by atoms with Crippen molar-refractivity contribution in [1.82, 2.24) is 10.3 Å². The van der Waals surface area contributed by atoms with Crippen molar-refractivity contribution in [2.24, 2.45) is 17.8 Å². The SMILES string of the molecule is Cc1nc(CNC(=O)CC2CC3CCC2C3)sc1C(=O)O. The number of amides is 1. The molecule has 2 aliphatic rings. The van der Waals surface area contributed by atoms with Crippen LogP contribution in [-0.2, 0) is 11.3 Å². The Kier molecular flexibility index (Phi) is 3.97. The second-order valence-electron chi connectivity index (χ2n) is 6.24. The van der Waals surface area contributed by atoms with Gasteiger partial charge in [0.15, 0.2) is 0 Å². The first kappa shape index (κ1) is 14.5. The Morgan fingerprint density at radius 1 is 1.38 bits per heavy atom. The van der Waals surface area contributed by atoms with E-state index in [1.54, 1.807) is 6.92 Å². The Balaban J connectivity index is 1.49. The molecule has 114 valence electrons. The maximum Gasteiger partial charge on any atom is 0.347 e. The summed E-state index contributed by atoms with van der Waals surface area (Å²) in [5, 5.41) is 12.5. The van der Waals surface area contributed by atoms with Crippen LogP contribution in [0, 0.1) is 24.7 Å². The highest BCUT2D eigenvalue weighted by Gasteiger charge is 2.40. The smallest absolute Gasteiger partial charge is 0.347 e. The van der Waals surface area contributed by atoms with Crippen LogP contribution in [0.15, 0.2) is 0 Å². The fourth-order valence-electron chi connectivity index (χ4n) is 3.84. The Bertz CT molecular complexity index is 569. The van der Waals surface area contributed by atoms with Gasteiger partial charge < -0.3 is 10.4 Å². The quantitative estimate of drug-likeness (QED) is 0.876. The molecule has 0 radical (unpaired) electrons. The molecular formula is C15H20N2O3S. The van der Waals surface area contributed by atoms with Crippen LogP contribution < -0.4 is 5.32 Å². The van der Waals surface area contributed by atoms with Gasteiger partial charge in [0.05, 0.1) is 12.2 Å². The zero-order valence-corrected chi connectivity index (χ0v) is 12.9. The number of hydrogen-bond donors (Lipinski definition) is 2. The van der Waals surface area contributed by atoms with Gasteiger partial charge in [-0.15, -0.1) is 11.3 Å². The Labute approximate surface area is 127 Å². The lowest BCUT2D eigenvalue weighted by molar-refractivity contribution is -0.122. The molecule has 1 amide bonds. The van der Waals surface area contributed by atoms with E-state index in [1.807, 2.05) is 0 Å². The summed E-state index contributed by atoms with van der Waals surface area (Å²) in [5.74, 6) is 1.27. The molecule has 2 bridgehead atoms. The van der Waals surface area contributed by atoms with Crippen molar-refractivity contribution < 1.29 is 14.7 Å². The Morgan fingerprint density at radius 2 is 2.19 bits per heavy atom. The number of carbonyl (C=O) groups is 2. The predicted octanol–water partition coefficient (Wildman–Crippen LogP) is 2.59. The third kappa shape index (κ3) is 3.10. The third-order valence-electron chi connectivity index (χ3n) is 4.80. The maximum atomic E-state index is 12.0. The first-order valence-electron chi connectivity index (χ1n) is 7.49. The molecule has 0 saturated heterocycles. The topological polar surface area (TPSA) is 79.3 Å². The number of nitrogens with zero attached hydrogens (tertiary/aromatic N) is 1. The van der Waals surface area contributed by atoms with Gasteiger partial charge in [0.2, 0.25) is 5.91 Å². The first-order valence-corrected chi connectivity index (χ1v) is 8.31. The molecule has 3 unspecified atom stereocenters. The van der Waals surface area contributed by atoms with Crippen molar-refractivity contribution in [3.63, 3.8) is 0 Å². The van der Waals surface area contributed by atoms with E-state index in [-0.39, 0.29) is 10.8 Å². The molecule has 0 aliphatic heterocycles. The number of nitrogens with one attached hydrogen (secondary N) is 1. The van der Waals surface area contributed by atoms with E-state index in [2.05, 4.69) is 10.3 Å². The molecular weight excluding hydrogens is 288 g/mol. The van der Waals surface area contributed by atoms with E-state index in [0.29, 0.717) is 29.6 Å². The lowest BCUT2D eigenvalue weighted by Crippen LogP contribution is -2.26. The largest absolute Gasteiger partial charge is 0.477 e. The third-order valence-corrected chi connectivity index (χ3v) is 5.95. The molecule has 5 nitrogen and oxygen atoms in total. The summed E-state index contributed by atoms with van der Waals surface area (Å²) < 4.78 is 0. The summed E-state index contributed by atoms with van der Waals surface area (Å²) in [6.45, 7) is 2.01. The molecule has 2 aliphatic carbocycles. The summed E-state index contributed by atoms with van der Waals surface area (Å²) >= 11 is 1.14. The van der Waals surface area contributed by atoms with Crippen LogP contribution in [0.5, 0.6) is 0 Å². The highest BCUT2D eigenvalue weighted by Crippen LogP contribution is 2.49. The van der Waals surface area contributed by atoms with Crippen molar-refractivity contribution in [2.75, 3.05) is 0 Å². The average Bonchev–Trinajstić information content (AvgIpc) is 3.11. The van der Waals surface area contributed by atoms with Gasteiger partial charge in [-0.05, 0) is 43.9 Å². The number of carboxylic acids is 1. The molecule has 1 aromatic heterocycles. The number of aryl methyl sites for hydroxylation is 1. The fraction of sp³-hybridized carbons (Fsp3) is 0.667. The number of carboxylic acid groups (broad SMARTS) is 1. The molecule has 21 heavy (non-hydrogen) atoms. The first-order chi connectivity index (χ1) is 10.0. The van der Waals surface area contributed by atoms with Crippen LogP contribution in [0.4, 0.5) is 0 Å². The molecule has 2 fully saturated rings. The van der Waals surface area contributed by atoms with Crippen molar-refractivity contribution in [1.29, 1.82) is 0 Å². The molecule has 0 aromatic carbocycles. The highest BCUT2D eigenvalue weighted by atomic mass is 32.1. The minimum absolute atomic E-state index is 0.0669. The van der Waals surface area contributed by atoms with E-state index in [0.717, 1.165) is 23.2 Å². The van der Waals surface area contributed by atoms with Gasteiger partial charge in [-0.3, -0.25) is 4.79 Å². The van der Waals surface area contributed by atoms with E-state index in [4.69, 9.17) is 5.11 Å². The van der Waals surface area contributed by atoms with Gasteiger partial charge >= 0.3 is 5.97 Å². The van der Waals surface area contributed by atoms with E-state index < -0.39 is 5.97 Å². The minimum Gasteiger partial charge on any atom is -0.477 e. The zero-order valence-electron chi connectivity index (χ0n) is 12.1. The zero-order chi connectivity index (χ0) is 15.0. The van der Waals surface area contributed by atoms with Gasteiger partial charge in [-0.1, -0.05) is 6.42 Å². The van der Waals surface area contributed by atoms with Crippen molar-refractivity contribution in [3.05, 3.63) is 15.6 Å². The second kappa shape index (κ2) is 5.75. The highest BCUT2D eigenvalue weighted by molar-refractivity contribution is 7.13. The van der Waals surface area contributed by atoms with Crippen LogP contribution in [-0.4, -0.2) is 22.0 Å². The van der Waals surface area contributed by atoms with Gasteiger partial charge in [-0.2, -0.15) is 0 Å². The molecule has 0 spiro atoms. The van der Waals surface area contributed by atoms with Gasteiger partial charge in [0, 0.05) is 6.42 Å². The van der Waals surface area contributed by atoms with Crippen molar-refractivity contribution in [3.8, 4) is 0 Å². The molecule has 2 saturated carbocycles. The maximum absolute atomic E-state index is 12.0. The van der Waals surface area contributed by atoms with Crippen LogP contribution in [0.25, 0.3) is 0 Å². The molecule has 3 atom stereocenters. The summed E-state index contributed by atoms with van der Waals surface area (Å²) in [7, 11) is 0. The Morgan fingerprint density at radius 3 is 2.76 bits per heavy atom. The van der Waals surface area contributed by atoms with Crippen LogP contribution in [0.3, 0.4) is 0 Å². The molecule has 2 N–H and O–H groups in total. The number of hydrogen-bond acceptors (Lipinski definition) is 4. The molecule has 3 rings (SSSR count). The van der Waals surface area contributed by atoms with Crippen LogP contribution in [0.2, 0.25) is 0 Å². The van der Waals surface area contributed by atoms with E-state index in [9.17, 15) is 9.59 Å². The molecule has 6 heteroatoms. The number of thiazole rings is 1. The van der Waals surface area contributed by atoms with Gasteiger partial charge in [0.1, 0.15) is 9.88 Å². The average molecular weight is 308 g/mol. The number of fused-ring (bicyclic) bond motifs is 2. The monoisotopic (exact) mass is 308 g/mol. The van der Waals surface area contributed by atoms with Crippen molar-refractivity contribution >= 4 is 23.2 Å². The number of carbonyl (C=O) groups excluding carboxylic acids is 1. The van der Waals surface area contributed by atoms with E-state index in [1.165, 1.54) is 25.7 Å². The van der Waals surface area contributed by atoms with Gasteiger partial charge in [0.25, 0.3) is 0 Å². The van der Waals surface area contributed by atoms with Gasteiger partial charge in [-0.25, -0.2) is 9.78 Å². The predicted molar refractivity (Wildman–Crippen MR) is 79.2 cm³/mol. The second-order valence-corrected chi connectivity index (χ2v) is 7.33. The number of aromatic carboxylic acids is 1. The van der Waals surface area contributed by atoms with Crippen LogP contribution >= 0.6 is 11.3 Å². The van der Waals surface area contributed by atoms with E-state index >= 15 is 0 Å². The Hall–Kier alpha value is -1.43. The normalized spacial score (nSPS) is 27.0. The van der Waals surface area contributed by atoms with Crippen LogP contribution in [0.1, 0.15) is 52.5 Å². The summed E-state index contributed by atoms with van der Waals surface area (Å²) in [6.07, 6.45) is 5.76. The minimum atomic E-state index is -0.954. The van der Waals surface area contributed by atoms with Crippen molar-refractivity contribution in [2.45, 2.75) is 45.6 Å². The lowest BCUT2D eigenvalue weighted by atomic mass is 9.86. The number of rotatable bonds is 5. The molecule has 1 heterocycles. The molecule has 1 aromatic rings. The lowest BCUT2D eigenvalue weighted by Gasteiger charge is -2.20. The fourth-order valence-corrected chi connectivity index (χ4v) is 4.68. The summed E-state index contributed by atoms with van der Waals surface area (Å²) in [6, 6.07) is 0.